The third kappa shape index (κ3) is 6.03. The second kappa shape index (κ2) is 7.76. The van der Waals surface area contributed by atoms with Crippen LogP contribution in [0.3, 0.4) is 0 Å². The monoisotopic (exact) mass is 298 g/mol. The van der Waals surface area contributed by atoms with Crippen LogP contribution in [0.1, 0.15) is 18.5 Å². The Bertz CT molecular complexity index is 488. The zero-order valence-electron chi connectivity index (χ0n) is 12.8. The smallest absolute Gasteiger partial charge is 0.148 e. The molecule has 2 atom stereocenters. The average molecular weight is 298 g/mol. The molecule has 5 heteroatoms. The van der Waals surface area contributed by atoms with E-state index in [-0.39, 0.29) is 11.8 Å². The van der Waals surface area contributed by atoms with E-state index >= 15 is 0 Å². The fourth-order valence-electron chi connectivity index (χ4n) is 2.45. The van der Waals surface area contributed by atoms with E-state index in [0.29, 0.717) is 12.5 Å². The number of sulfone groups is 1. The second-order valence-electron chi connectivity index (χ2n) is 5.55. The largest absolute Gasteiger partial charge is 0.313 e. The van der Waals surface area contributed by atoms with E-state index in [1.807, 2.05) is 32.3 Å². The molecule has 1 N–H and O–H groups in total. The summed E-state index contributed by atoms with van der Waals surface area (Å²) >= 11 is 0. The maximum atomic E-state index is 11.2. The van der Waals surface area contributed by atoms with Gasteiger partial charge >= 0.3 is 0 Å². The average Bonchev–Trinajstić information content (AvgIpc) is 2.38. The zero-order chi connectivity index (χ0) is 15.2. The van der Waals surface area contributed by atoms with Crippen LogP contribution in [0.25, 0.3) is 0 Å². The number of rotatable bonds is 8. The van der Waals surface area contributed by atoms with Crippen molar-refractivity contribution in [1.29, 1.82) is 0 Å². The van der Waals surface area contributed by atoms with Crippen LogP contribution in [0.15, 0.2) is 30.3 Å². The van der Waals surface area contributed by atoms with Crippen molar-refractivity contribution in [1.82, 2.24) is 10.2 Å². The van der Waals surface area contributed by atoms with Gasteiger partial charge in [0.15, 0.2) is 0 Å². The molecule has 0 aliphatic carbocycles. The third-order valence-electron chi connectivity index (χ3n) is 3.48. The summed E-state index contributed by atoms with van der Waals surface area (Å²) < 4.78 is 22.4. The molecule has 0 spiro atoms. The molecule has 0 bridgehead atoms. The van der Waals surface area contributed by atoms with Gasteiger partial charge in [-0.25, -0.2) is 8.42 Å². The first-order chi connectivity index (χ1) is 9.33. The Morgan fingerprint density at radius 1 is 1.25 bits per heavy atom. The first-order valence-corrected chi connectivity index (χ1v) is 8.98. The highest BCUT2D eigenvalue weighted by Gasteiger charge is 2.19. The maximum Gasteiger partial charge on any atom is 0.148 e. The highest BCUT2D eigenvalue weighted by Crippen LogP contribution is 2.21. The van der Waals surface area contributed by atoms with E-state index in [1.165, 1.54) is 11.8 Å². The van der Waals surface area contributed by atoms with Crippen LogP contribution >= 0.6 is 0 Å². The van der Waals surface area contributed by atoms with Crippen LogP contribution in [0.5, 0.6) is 0 Å². The van der Waals surface area contributed by atoms with Crippen molar-refractivity contribution in [2.45, 2.75) is 13.0 Å². The van der Waals surface area contributed by atoms with Gasteiger partial charge in [0.2, 0.25) is 0 Å². The van der Waals surface area contributed by atoms with Crippen LogP contribution < -0.4 is 5.32 Å². The lowest BCUT2D eigenvalue weighted by Crippen LogP contribution is -2.34. The molecule has 1 aromatic rings. The van der Waals surface area contributed by atoms with Gasteiger partial charge < -0.3 is 10.2 Å². The molecular weight excluding hydrogens is 272 g/mol. The third-order valence-corrected chi connectivity index (χ3v) is 4.41. The summed E-state index contributed by atoms with van der Waals surface area (Å²) in [5, 5.41) is 3.35. The highest BCUT2D eigenvalue weighted by molar-refractivity contribution is 7.90. The Hall–Kier alpha value is -0.910. The summed E-state index contributed by atoms with van der Waals surface area (Å²) in [5.41, 5.74) is 1.26. The van der Waals surface area contributed by atoms with Gasteiger partial charge in [0, 0.05) is 25.4 Å². The first kappa shape index (κ1) is 17.1. The molecule has 0 aliphatic heterocycles. The zero-order valence-corrected chi connectivity index (χ0v) is 13.7. The van der Waals surface area contributed by atoms with E-state index in [1.54, 1.807) is 0 Å². The van der Waals surface area contributed by atoms with Crippen molar-refractivity contribution in [2.75, 3.05) is 39.2 Å². The highest BCUT2D eigenvalue weighted by atomic mass is 32.2. The molecule has 0 saturated heterocycles. The number of hydrogen-bond acceptors (Lipinski definition) is 4. The van der Waals surface area contributed by atoms with Crippen molar-refractivity contribution in [3.63, 3.8) is 0 Å². The molecule has 0 saturated carbocycles. The lowest BCUT2D eigenvalue weighted by atomic mass is 9.94. The molecule has 0 radical (unpaired) electrons. The fourth-order valence-corrected chi connectivity index (χ4v) is 3.09. The van der Waals surface area contributed by atoms with Crippen LogP contribution in [0.2, 0.25) is 0 Å². The van der Waals surface area contributed by atoms with Crippen LogP contribution in [-0.2, 0) is 9.84 Å². The van der Waals surface area contributed by atoms with Gasteiger partial charge in [-0.1, -0.05) is 37.3 Å². The molecule has 0 heterocycles. The molecule has 0 aliphatic rings. The van der Waals surface area contributed by atoms with Gasteiger partial charge in [-0.15, -0.1) is 0 Å². The van der Waals surface area contributed by atoms with Crippen molar-refractivity contribution >= 4 is 9.84 Å². The van der Waals surface area contributed by atoms with Gasteiger partial charge in [0.25, 0.3) is 0 Å². The Morgan fingerprint density at radius 2 is 1.85 bits per heavy atom. The quantitative estimate of drug-likeness (QED) is 0.791. The summed E-state index contributed by atoms with van der Waals surface area (Å²) in [5.74, 6) is 0.609. The Kier molecular flexibility index (Phi) is 6.65. The number of nitrogens with one attached hydrogen (secondary N) is 1. The topological polar surface area (TPSA) is 49.4 Å². The van der Waals surface area contributed by atoms with Crippen molar-refractivity contribution in [3.8, 4) is 0 Å². The van der Waals surface area contributed by atoms with E-state index in [4.69, 9.17) is 0 Å². The summed E-state index contributed by atoms with van der Waals surface area (Å²) in [6.45, 7) is 3.62. The molecule has 0 fully saturated rings. The summed E-state index contributed by atoms with van der Waals surface area (Å²) in [6.07, 6.45) is 1.28. The predicted molar refractivity (Wildman–Crippen MR) is 84.6 cm³/mol. The molecule has 20 heavy (non-hydrogen) atoms. The minimum absolute atomic E-state index is 0.214. The van der Waals surface area contributed by atoms with Crippen molar-refractivity contribution < 1.29 is 8.42 Å². The van der Waals surface area contributed by atoms with E-state index < -0.39 is 9.84 Å². The second-order valence-corrected chi connectivity index (χ2v) is 7.81. The van der Waals surface area contributed by atoms with Gasteiger partial charge in [0.1, 0.15) is 9.84 Å². The normalized spacial score (nSPS) is 15.2. The minimum Gasteiger partial charge on any atom is -0.313 e. The number of benzene rings is 1. The standard InChI is InChI=1S/C15H26N2O2S/c1-13(12-17(3)10-11-20(4,18)19)15(16-2)14-8-6-5-7-9-14/h5-9,13,15-16H,10-12H2,1-4H3. The van der Waals surface area contributed by atoms with Crippen molar-refractivity contribution in [2.24, 2.45) is 5.92 Å². The minimum atomic E-state index is -2.89. The van der Waals surface area contributed by atoms with E-state index in [2.05, 4.69) is 29.3 Å². The maximum absolute atomic E-state index is 11.2. The molecule has 114 valence electrons. The Morgan fingerprint density at radius 3 is 2.35 bits per heavy atom. The van der Waals surface area contributed by atoms with Gasteiger partial charge in [-0.3, -0.25) is 0 Å². The SMILES string of the molecule is CNC(c1ccccc1)C(C)CN(C)CCS(C)(=O)=O. The molecule has 4 nitrogen and oxygen atoms in total. The first-order valence-electron chi connectivity index (χ1n) is 6.92. The predicted octanol–water partition coefficient (Wildman–Crippen LogP) is 1.56. The summed E-state index contributed by atoms with van der Waals surface area (Å²) in [7, 11) is 1.04. The van der Waals surface area contributed by atoms with Gasteiger partial charge in [0.05, 0.1) is 5.75 Å². The number of nitrogens with zero attached hydrogens (tertiary/aromatic N) is 1. The Labute approximate surface area is 123 Å². The fraction of sp³-hybridized carbons (Fsp3) is 0.600. The van der Waals surface area contributed by atoms with E-state index in [9.17, 15) is 8.42 Å². The van der Waals surface area contributed by atoms with Crippen LogP contribution in [-0.4, -0.2) is 52.5 Å². The lowest BCUT2D eigenvalue weighted by molar-refractivity contribution is 0.262. The molecular formula is C15H26N2O2S. The van der Waals surface area contributed by atoms with E-state index in [0.717, 1.165) is 6.54 Å². The molecule has 0 amide bonds. The molecule has 2 unspecified atom stereocenters. The van der Waals surface area contributed by atoms with Crippen LogP contribution in [0.4, 0.5) is 0 Å². The van der Waals surface area contributed by atoms with Gasteiger partial charge in [-0.2, -0.15) is 0 Å². The molecule has 1 rings (SSSR count). The molecule has 0 aromatic heterocycles. The Balaban J connectivity index is 2.57. The molecule has 1 aromatic carbocycles. The van der Waals surface area contributed by atoms with Crippen LogP contribution in [0, 0.1) is 5.92 Å². The summed E-state index contributed by atoms with van der Waals surface area (Å²) in [4.78, 5) is 2.08. The number of hydrogen-bond donors (Lipinski definition) is 1. The summed E-state index contributed by atoms with van der Waals surface area (Å²) in [6, 6.07) is 10.6. The lowest BCUT2D eigenvalue weighted by Gasteiger charge is -2.28. The van der Waals surface area contributed by atoms with Crippen molar-refractivity contribution in [3.05, 3.63) is 35.9 Å². The van der Waals surface area contributed by atoms with Gasteiger partial charge in [-0.05, 0) is 25.6 Å².